The topological polar surface area (TPSA) is 90.1 Å². The summed E-state index contributed by atoms with van der Waals surface area (Å²) in [5, 5.41) is 2.89. The summed E-state index contributed by atoms with van der Waals surface area (Å²) in [7, 11) is 0. The van der Waals surface area contributed by atoms with Crippen LogP contribution in [0.2, 0.25) is 0 Å². The van der Waals surface area contributed by atoms with E-state index in [9.17, 15) is 4.79 Å². The summed E-state index contributed by atoms with van der Waals surface area (Å²) >= 11 is 0. The summed E-state index contributed by atoms with van der Waals surface area (Å²) in [6.45, 7) is 2.82. The van der Waals surface area contributed by atoms with Gasteiger partial charge in [0.1, 0.15) is 6.10 Å². The molecule has 0 bridgehead atoms. The number of nitrogens with zero attached hydrogens (tertiary/aromatic N) is 2. The van der Waals surface area contributed by atoms with Crippen LogP contribution in [0.1, 0.15) is 33.3 Å². The van der Waals surface area contributed by atoms with Crippen LogP contribution in [0.3, 0.4) is 0 Å². The number of fused-ring (bicyclic) bond motifs is 1. The van der Waals surface area contributed by atoms with Crippen molar-refractivity contribution in [3.8, 4) is 0 Å². The Balaban J connectivity index is 1.69. The zero-order valence-corrected chi connectivity index (χ0v) is 12.4. The first kappa shape index (κ1) is 14.5. The molecule has 0 spiro atoms. The standard InChI is InChI=1S/C16H18N4O2/c1-10-13(8-19-16(17)20-10)15(21)18-9-14-12-5-3-2-4-11(12)6-7-22-14/h2-5,8,14H,6-7,9H2,1H3,(H,18,21)(H2,17,19,20)/t14-/m1/s1. The molecular formula is C16H18N4O2. The van der Waals surface area contributed by atoms with E-state index in [-0.39, 0.29) is 18.0 Å². The van der Waals surface area contributed by atoms with Gasteiger partial charge in [0.05, 0.1) is 17.9 Å². The number of carbonyl (C=O) groups is 1. The van der Waals surface area contributed by atoms with E-state index < -0.39 is 0 Å². The number of rotatable bonds is 3. The zero-order chi connectivity index (χ0) is 15.5. The number of nitrogens with two attached hydrogens (primary N) is 1. The molecular weight excluding hydrogens is 280 g/mol. The van der Waals surface area contributed by atoms with Crippen molar-refractivity contribution in [1.29, 1.82) is 0 Å². The molecule has 0 aliphatic carbocycles. The summed E-state index contributed by atoms with van der Waals surface area (Å²) in [6.07, 6.45) is 2.23. The third-order valence-electron chi connectivity index (χ3n) is 3.78. The lowest BCUT2D eigenvalue weighted by Crippen LogP contribution is -2.32. The molecule has 6 heteroatoms. The molecule has 0 radical (unpaired) electrons. The Morgan fingerprint density at radius 3 is 3.09 bits per heavy atom. The monoisotopic (exact) mass is 298 g/mol. The molecule has 1 aliphatic heterocycles. The molecule has 2 aromatic rings. The number of nitrogens with one attached hydrogen (secondary N) is 1. The average molecular weight is 298 g/mol. The van der Waals surface area contributed by atoms with Crippen LogP contribution in [0.15, 0.2) is 30.5 Å². The Morgan fingerprint density at radius 1 is 1.45 bits per heavy atom. The van der Waals surface area contributed by atoms with Crippen LogP contribution in [0.5, 0.6) is 0 Å². The van der Waals surface area contributed by atoms with E-state index in [2.05, 4.69) is 21.4 Å². The largest absolute Gasteiger partial charge is 0.371 e. The van der Waals surface area contributed by atoms with Gasteiger partial charge in [0.2, 0.25) is 5.95 Å². The lowest BCUT2D eigenvalue weighted by Gasteiger charge is -2.26. The molecule has 1 aromatic carbocycles. The van der Waals surface area contributed by atoms with Gasteiger partial charge < -0.3 is 15.8 Å². The normalized spacial score (nSPS) is 16.9. The van der Waals surface area contributed by atoms with Crippen LogP contribution in [0, 0.1) is 6.92 Å². The van der Waals surface area contributed by atoms with Crippen LogP contribution in [-0.4, -0.2) is 29.0 Å². The lowest BCUT2D eigenvalue weighted by atomic mass is 9.97. The van der Waals surface area contributed by atoms with Crippen LogP contribution < -0.4 is 11.1 Å². The maximum Gasteiger partial charge on any atom is 0.254 e. The third kappa shape index (κ3) is 2.92. The highest BCUT2D eigenvalue weighted by Gasteiger charge is 2.21. The van der Waals surface area contributed by atoms with E-state index >= 15 is 0 Å². The Labute approximate surface area is 128 Å². The van der Waals surface area contributed by atoms with Crippen molar-refractivity contribution in [2.24, 2.45) is 0 Å². The summed E-state index contributed by atoms with van der Waals surface area (Å²) < 4.78 is 5.77. The summed E-state index contributed by atoms with van der Waals surface area (Å²) in [5.41, 5.74) is 8.91. The first-order chi connectivity index (χ1) is 10.6. The fourth-order valence-corrected chi connectivity index (χ4v) is 2.63. The molecule has 114 valence electrons. The van der Waals surface area contributed by atoms with E-state index in [0.29, 0.717) is 24.4 Å². The van der Waals surface area contributed by atoms with Crippen LogP contribution in [0.4, 0.5) is 5.95 Å². The molecule has 0 fully saturated rings. The Hall–Kier alpha value is -2.47. The van der Waals surface area contributed by atoms with E-state index in [0.717, 1.165) is 12.0 Å². The highest BCUT2D eigenvalue weighted by Crippen LogP contribution is 2.26. The molecule has 2 heterocycles. The fraction of sp³-hybridized carbons (Fsp3) is 0.312. The Bertz CT molecular complexity index is 702. The van der Waals surface area contributed by atoms with Gasteiger partial charge >= 0.3 is 0 Å². The first-order valence-electron chi connectivity index (χ1n) is 7.22. The number of ether oxygens (including phenoxy) is 1. The van der Waals surface area contributed by atoms with Crippen molar-refractivity contribution in [3.63, 3.8) is 0 Å². The molecule has 1 amide bonds. The van der Waals surface area contributed by atoms with Gasteiger partial charge in [-0.15, -0.1) is 0 Å². The number of carbonyl (C=O) groups excluding carboxylic acids is 1. The van der Waals surface area contributed by atoms with Gasteiger partial charge in [-0.25, -0.2) is 9.97 Å². The van der Waals surface area contributed by atoms with Gasteiger partial charge in [0, 0.05) is 12.7 Å². The average Bonchev–Trinajstić information content (AvgIpc) is 2.52. The van der Waals surface area contributed by atoms with Gasteiger partial charge in [0.15, 0.2) is 0 Å². The van der Waals surface area contributed by atoms with Gasteiger partial charge in [-0.05, 0) is 24.5 Å². The van der Waals surface area contributed by atoms with Gasteiger partial charge in [0.25, 0.3) is 5.91 Å². The minimum Gasteiger partial charge on any atom is -0.371 e. The molecule has 1 aromatic heterocycles. The molecule has 6 nitrogen and oxygen atoms in total. The smallest absolute Gasteiger partial charge is 0.254 e. The second-order valence-electron chi connectivity index (χ2n) is 5.25. The number of aryl methyl sites for hydroxylation is 1. The fourth-order valence-electron chi connectivity index (χ4n) is 2.63. The predicted molar refractivity (Wildman–Crippen MR) is 82.4 cm³/mol. The van der Waals surface area contributed by atoms with Crippen molar-refractivity contribution in [1.82, 2.24) is 15.3 Å². The highest BCUT2D eigenvalue weighted by molar-refractivity contribution is 5.95. The van der Waals surface area contributed by atoms with Crippen molar-refractivity contribution in [3.05, 3.63) is 52.8 Å². The molecule has 3 N–H and O–H groups in total. The maximum atomic E-state index is 12.2. The van der Waals surface area contributed by atoms with E-state index in [1.807, 2.05) is 18.2 Å². The number of benzene rings is 1. The number of amides is 1. The van der Waals surface area contributed by atoms with Crippen molar-refractivity contribution >= 4 is 11.9 Å². The van der Waals surface area contributed by atoms with E-state index in [4.69, 9.17) is 10.5 Å². The summed E-state index contributed by atoms with van der Waals surface area (Å²) in [5.74, 6) is -0.0530. The molecule has 0 unspecified atom stereocenters. The minimum atomic E-state index is -0.218. The van der Waals surface area contributed by atoms with Crippen LogP contribution >= 0.6 is 0 Å². The zero-order valence-electron chi connectivity index (χ0n) is 12.4. The second kappa shape index (κ2) is 6.11. The minimum absolute atomic E-state index is 0.121. The van der Waals surface area contributed by atoms with Crippen LogP contribution in [0.25, 0.3) is 0 Å². The SMILES string of the molecule is Cc1nc(N)ncc1C(=O)NC[C@H]1OCCc2ccccc21. The number of nitrogen functional groups attached to an aromatic ring is 1. The molecule has 3 rings (SSSR count). The second-order valence-corrected chi connectivity index (χ2v) is 5.25. The van der Waals surface area contributed by atoms with Crippen molar-refractivity contribution < 1.29 is 9.53 Å². The van der Waals surface area contributed by atoms with Gasteiger partial charge in [-0.2, -0.15) is 0 Å². The number of hydrogen-bond acceptors (Lipinski definition) is 5. The highest BCUT2D eigenvalue weighted by atomic mass is 16.5. The maximum absolute atomic E-state index is 12.2. The van der Waals surface area contributed by atoms with Crippen molar-refractivity contribution in [2.75, 3.05) is 18.9 Å². The molecule has 1 atom stereocenters. The summed E-state index contributed by atoms with van der Waals surface area (Å²) in [6, 6.07) is 8.16. The summed E-state index contributed by atoms with van der Waals surface area (Å²) in [4.78, 5) is 20.1. The number of anilines is 1. The number of hydrogen-bond donors (Lipinski definition) is 2. The quantitative estimate of drug-likeness (QED) is 0.894. The number of aromatic nitrogens is 2. The third-order valence-corrected chi connectivity index (χ3v) is 3.78. The van der Waals surface area contributed by atoms with Crippen molar-refractivity contribution in [2.45, 2.75) is 19.4 Å². The lowest BCUT2D eigenvalue weighted by molar-refractivity contribution is 0.0411. The molecule has 0 saturated heterocycles. The Morgan fingerprint density at radius 2 is 2.27 bits per heavy atom. The van der Waals surface area contributed by atoms with E-state index in [1.54, 1.807) is 6.92 Å². The van der Waals surface area contributed by atoms with Gasteiger partial charge in [-0.1, -0.05) is 24.3 Å². The predicted octanol–water partition coefficient (Wildman–Crippen LogP) is 1.41. The molecule has 1 aliphatic rings. The molecule has 22 heavy (non-hydrogen) atoms. The molecule has 0 saturated carbocycles. The first-order valence-corrected chi connectivity index (χ1v) is 7.22. The van der Waals surface area contributed by atoms with Crippen LogP contribution in [-0.2, 0) is 11.2 Å². The van der Waals surface area contributed by atoms with Gasteiger partial charge in [-0.3, -0.25) is 4.79 Å². The Kier molecular flexibility index (Phi) is 4.02. The van der Waals surface area contributed by atoms with E-state index in [1.165, 1.54) is 11.8 Å².